The molecule has 1 amide bonds. The Hall–Kier alpha value is -0.590. The minimum absolute atomic E-state index is 0.0133. The zero-order valence-corrected chi connectivity index (χ0v) is 12.4. The van der Waals surface area contributed by atoms with E-state index in [0.717, 1.165) is 16.1 Å². The van der Waals surface area contributed by atoms with E-state index >= 15 is 0 Å². The van der Waals surface area contributed by atoms with Crippen LogP contribution in [0.2, 0.25) is 0 Å². The molecule has 1 aromatic carbocycles. The second-order valence-corrected chi connectivity index (χ2v) is 6.15. The third kappa shape index (κ3) is 3.24. The summed E-state index contributed by atoms with van der Waals surface area (Å²) in [5.41, 5.74) is 0.519. The van der Waals surface area contributed by atoms with Crippen molar-refractivity contribution in [3.05, 3.63) is 34.1 Å². The van der Waals surface area contributed by atoms with Gasteiger partial charge in [-0.15, -0.1) is 11.8 Å². The van der Waals surface area contributed by atoms with Gasteiger partial charge in [-0.25, -0.2) is 4.39 Å². The summed E-state index contributed by atoms with van der Waals surface area (Å²) in [5, 5.41) is 3.12. The first-order chi connectivity index (χ1) is 8.58. The van der Waals surface area contributed by atoms with Gasteiger partial charge in [-0.05, 0) is 18.2 Å². The SMILES string of the molecule is CN(Cc1cc(Br)ccc1F)C(=O)[C@@H]1CSCN1. The highest BCUT2D eigenvalue weighted by Crippen LogP contribution is 2.18. The molecule has 1 aromatic rings. The van der Waals surface area contributed by atoms with Gasteiger partial charge in [-0.2, -0.15) is 0 Å². The van der Waals surface area contributed by atoms with Crippen LogP contribution < -0.4 is 5.32 Å². The van der Waals surface area contributed by atoms with Crippen LogP contribution in [0.5, 0.6) is 0 Å². The zero-order valence-electron chi connectivity index (χ0n) is 9.95. The third-order valence-electron chi connectivity index (χ3n) is 2.81. The number of halogens is 2. The van der Waals surface area contributed by atoms with Crippen LogP contribution in [0.4, 0.5) is 4.39 Å². The maximum Gasteiger partial charge on any atom is 0.240 e. The lowest BCUT2D eigenvalue weighted by Crippen LogP contribution is -2.42. The van der Waals surface area contributed by atoms with Gasteiger partial charge in [0.15, 0.2) is 0 Å². The predicted molar refractivity (Wildman–Crippen MR) is 74.8 cm³/mol. The molecule has 0 aromatic heterocycles. The van der Waals surface area contributed by atoms with Crippen molar-refractivity contribution < 1.29 is 9.18 Å². The molecule has 98 valence electrons. The normalized spacial score (nSPS) is 18.9. The second kappa shape index (κ2) is 6.04. The quantitative estimate of drug-likeness (QED) is 0.921. The average molecular weight is 333 g/mol. The van der Waals surface area contributed by atoms with E-state index in [1.807, 2.05) is 0 Å². The van der Waals surface area contributed by atoms with Crippen molar-refractivity contribution in [3.63, 3.8) is 0 Å². The molecule has 0 unspecified atom stereocenters. The molecule has 1 aliphatic rings. The van der Waals surface area contributed by atoms with Gasteiger partial charge in [0, 0.05) is 35.3 Å². The molecule has 0 spiro atoms. The van der Waals surface area contributed by atoms with E-state index in [2.05, 4.69) is 21.2 Å². The lowest BCUT2D eigenvalue weighted by Gasteiger charge is -2.21. The van der Waals surface area contributed by atoms with Crippen LogP contribution in [0.15, 0.2) is 22.7 Å². The monoisotopic (exact) mass is 332 g/mol. The molecule has 0 saturated carbocycles. The number of hydrogen-bond acceptors (Lipinski definition) is 3. The van der Waals surface area contributed by atoms with Gasteiger partial charge in [-0.1, -0.05) is 15.9 Å². The van der Waals surface area contributed by atoms with Crippen molar-refractivity contribution in [3.8, 4) is 0 Å². The number of thioether (sulfide) groups is 1. The van der Waals surface area contributed by atoms with Crippen LogP contribution in [-0.4, -0.2) is 35.5 Å². The molecular formula is C12H14BrFN2OS. The highest BCUT2D eigenvalue weighted by atomic mass is 79.9. The number of rotatable bonds is 3. The molecule has 1 aliphatic heterocycles. The molecule has 6 heteroatoms. The number of nitrogens with zero attached hydrogens (tertiary/aromatic N) is 1. The number of carbonyl (C=O) groups excluding carboxylic acids is 1. The van der Waals surface area contributed by atoms with Crippen LogP contribution in [0.1, 0.15) is 5.56 Å². The van der Waals surface area contributed by atoms with Gasteiger partial charge < -0.3 is 4.90 Å². The van der Waals surface area contributed by atoms with E-state index < -0.39 is 0 Å². The zero-order chi connectivity index (χ0) is 13.1. The molecule has 0 bridgehead atoms. The number of nitrogens with one attached hydrogen (secondary N) is 1. The summed E-state index contributed by atoms with van der Waals surface area (Å²) in [6.07, 6.45) is 0. The minimum Gasteiger partial charge on any atom is -0.340 e. The van der Waals surface area contributed by atoms with Gasteiger partial charge in [0.05, 0.1) is 6.04 Å². The van der Waals surface area contributed by atoms with Crippen molar-refractivity contribution >= 4 is 33.6 Å². The molecule has 2 rings (SSSR count). The fourth-order valence-corrected chi connectivity index (χ4v) is 3.16. The van der Waals surface area contributed by atoms with Crippen molar-refractivity contribution in [1.29, 1.82) is 0 Å². The van der Waals surface area contributed by atoms with Crippen LogP contribution in [0.3, 0.4) is 0 Å². The Labute approximate surface area is 118 Å². The first-order valence-electron chi connectivity index (χ1n) is 5.58. The number of carbonyl (C=O) groups is 1. The Balaban J connectivity index is 2.03. The number of likely N-dealkylation sites (N-methyl/N-ethyl adjacent to an activating group) is 1. The van der Waals surface area contributed by atoms with E-state index in [-0.39, 0.29) is 24.3 Å². The van der Waals surface area contributed by atoms with E-state index in [1.54, 1.807) is 35.8 Å². The largest absolute Gasteiger partial charge is 0.340 e. The van der Waals surface area contributed by atoms with E-state index in [0.29, 0.717) is 5.56 Å². The summed E-state index contributed by atoms with van der Waals surface area (Å²) in [5.74, 6) is 1.31. The topological polar surface area (TPSA) is 32.3 Å². The highest BCUT2D eigenvalue weighted by molar-refractivity contribution is 9.10. The van der Waals surface area contributed by atoms with Crippen molar-refractivity contribution in [1.82, 2.24) is 10.2 Å². The Morgan fingerprint density at radius 2 is 2.44 bits per heavy atom. The number of benzene rings is 1. The van der Waals surface area contributed by atoms with Gasteiger partial charge >= 0.3 is 0 Å². The number of amides is 1. The molecule has 0 radical (unpaired) electrons. The van der Waals surface area contributed by atoms with Crippen LogP contribution in [0.25, 0.3) is 0 Å². The average Bonchev–Trinajstić information content (AvgIpc) is 2.86. The molecule has 18 heavy (non-hydrogen) atoms. The first-order valence-corrected chi connectivity index (χ1v) is 7.52. The van der Waals surface area contributed by atoms with E-state index in [1.165, 1.54) is 6.07 Å². The summed E-state index contributed by atoms with van der Waals surface area (Å²) in [7, 11) is 1.70. The molecular weight excluding hydrogens is 319 g/mol. The molecule has 1 N–H and O–H groups in total. The van der Waals surface area contributed by atoms with E-state index in [9.17, 15) is 9.18 Å². The predicted octanol–water partition coefficient (Wildman–Crippen LogP) is 2.21. The fourth-order valence-electron chi connectivity index (χ4n) is 1.82. The Morgan fingerprint density at radius 3 is 3.11 bits per heavy atom. The summed E-state index contributed by atoms with van der Waals surface area (Å²) in [6.45, 7) is 0.285. The molecule has 1 heterocycles. The third-order valence-corrected chi connectivity index (χ3v) is 4.24. The summed E-state index contributed by atoms with van der Waals surface area (Å²) >= 11 is 5.00. The summed E-state index contributed by atoms with van der Waals surface area (Å²) < 4.78 is 14.4. The molecule has 1 atom stereocenters. The van der Waals surface area contributed by atoms with Gasteiger partial charge in [0.1, 0.15) is 5.82 Å². The maximum atomic E-state index is 13.6. The van der Waals surface area contributed by atoms with Gasteiger partial charge in [-0.3, -0.25) is 10.1 Å². The van der Waals surface area contributed by atoms with Crippen LogP contribution in [0, 0.1) is 5.82 Å². The number of hydrogen-bond donors (Lipinski definition) is 1. The maximum absolute atomic E-state index is 13.6. The second-order valence-electron chi connectivity index (χ2n) is 4.20. The van der Waals surface area contributed by atoms with Crippen LogP contribution in [-0.2, 0) is 11.3 Å². The summed E-state index contributed by atoms with van der Waals surface area (Å²) in [6, 6.07) is 4.61. The smallest absolute Gasteiger partial charge is 0.240 e. The van der Waals surface area contributed by atoms with Crippen molar-refractivity contribution in [2.75, 3.05) is 18.7 Å². The van der Waals surface area contributed by atoms with Gasteiger partial charge in [0.25, 0.3) is 0 Å². The minimum atomic E-state index is -0.286. The fraction of sp³-hybridized carbons (Fsp3) is 0.417. The Morgan fingerprint density at radius 1 is 1.67 bits per heavy atom. The molecule has 1 saturated heterocycles. The van der Waals surface area contributed by atoms with Crippen molar-refractivity contribution in [2.45, 2.75) is 12.6 Å². The lowest BCUT2D eigenvalue weighted by atomic mass is 10.2. The van der Waals surface area contributed by atoms with E-state index in [4.69, 9.17) is 0 Å². The summed E-state index contributed by atoms with van der Waals surface area (Å²) in [4.78, 5) is 13.6. The lowest BCUT2D eigenvalue weighted by molar-refractivity contribution is -0.131. The highest BCUT2D eigenvalue weighted by Gasteiger charge is 2.25. The Kier molecular flexibility index (Phi) is 4.64. The van der Waals surface area contributed by atoms with Crippen molar-refractivity contribution in [2.24, 2.45) is 0 Å². The first kappa shape index (κ1) is 13.8. The van der Waals surface area contributed by atoms with Gasteiger partial charge in [0.2, 0.25) is 5.91 Å². The molecule has 1 fully saturated rings. The van der Waals surface area contributed by atoms with Crippen LogP contribution >= 0.6 is 27.7 Å². The molecule has 3 nitrogen and oxygen atoms in total. The Bertz CT molecular complexity index is 452. The standard InChI is InChI=1S/C12H14BrFN2OS/c1-16(12(17)11-6-18-7-15-11)5-8-4-9(13)2-3-10(8)14/h2-4,11,15H,5-7H2,1H3/t11-/m0/s1. The molecule has 0 aliphatic carbocycles.